The highest BCUT2D eigenvalue weighted by Crippen LogP contribution is 2.31. The normalized spacial score (nSPS) is 11.8. The molecule has 1 heterocycles. The van der Waals surface area contributed by atoms with E-state index in [1.54, 1.807) is 0 Å². The van der Waals surface area contributed by atoms with E-state index in [1.807, 2.05) is 30.3 Å². The summed E-state index contributed by atoms with van der Waals surface area (Å²) in [5.41, 5.74) is 2.45. The zero-order chi connectivity index (χ0) is 17.6. The molecule has 0 radical (unpaired) electrons. The fourth-order valence-corrected chi connectivity index (χ4v) is 3.95. The Kier molecular flexibility index (Phi) is 8.42. The van der Waals surface area contributed by atoms with Gasteiger partial charge in [-0.05, 0) is 71.6 Å². The first-order chi connectivity index (χ1) is 12.1. The monoisotopic (exact) mass is 497 g/mol. The van der Waals surface area contributed by atoms with Gasteiger partial charge in [0.1, 0.15) is 11.5 Å². The summed E-state index contributed by atoms with van der Waals surface area (Å²) in [5.74, 6) is 1.84. The van der Waals surface area contributed by atoms with Crippen LogP contribution in [0.1, 0.15) is 24.7 Å². The molecular weight excluding hydrogens is 477 g/mol. The molecule has 0 fully saturated rings. The number of halogens is 3. The number of hydrogen-bond donors (Lipinski definition) is 1. The summed E-state index contributed by atoms with van der Waals surface area (Å²) in [6.45, 7) is 2.96. The van der Waals surface area contributed by atoms with Crippen LogP contribution >= 0.6 is 44.3 Å². The van der Waals surface area contributed by atoms with Crippen LogP contribution in [0.25, 0.3) is 11.3 Å². The number of hydrogen-bond acceptors (Lipinski definition) is 2. The molecule has 3 aromatic rings. The van der Waals surface area contributed by atoms with Crippen LogP contribution in [0.3, 0.4) is 0 Å². The molecule has 26 heavy (non-hydrogen) atoms. The van der Waals surface area contributed by atoms with Gasteiger partial charge in [0.2, 0.25) is 0 Å². The Morgan fingerprint density at radius 3 is 2.50 bits per heavy atom. The maximum Gasteiger partial charge on any atom is 0.135 e. The number of nitrogens with one attached hydrogen (secondary N) is 1. The maximum absolute atomic E-state index is 6.00. The van der Waals surface area contributed by atoms with E-state index < -0.39 is 0 Å². The predicted octanol–water partition coefficient (Wildman–Crippen LogP) is 7.00. The van der Waals surface area contributed by atoms with Gasteiger partial charge in [-0.2, -0.15) is 0 Å². The van der Waals surface area contributed by atoms with E-state index in [0.717, 1.165) is 45.4 Å². The van der Waals surface area contributed by atoms with Gasteiger partial charge in [0.05, 0.1) is 6.54 Å². The molecule has 1 aromatic heterocycles. The number of furan rings is 1. The van der Waals surface area contributed by atoms with Crippen molar-refractivity contribution in [3.63, 3.8) is 0 Å². The molecule has 0 amide bonds. The van der Waals surface area contributed by atoms with Crippen molar-refractivity contribution in [2.75, 3.05) is 0 Å². The van der Waals surface area contributed by atoms with Crippen molar-refractivity contribution in [3.05, 3.63) is 80.9 Å². The number of aryl methyl sites for hydroxylation is 1. The second-order valence-electron chi connectivity index (χ2n) is 6.20. The highest BCUT2D eigenvalue weighted by Gasteiger charge is 2.10. The molecule has 3 rings (SSSR count). The van der Waals surface area contributed by atoms with Crippen LogP contribution in [0.15, 0.2) is 74.0 Å². The van der Waals surface area contributed by atoms with Gasteiger partial charge in [-0.3, -0.25) is 0 Å². The Hall–Kier alpha value is -1.07. The molecule has 0 saturated heterocycles. The third-order valence-electron chi connectivity index (χ3n) is 4.19. The van der Waals surface area contributed by atoms with Crippen LogP contribution in [0.4, 0.5) is 0 Å². The van der Waals surface area contributed by atoms with Gasteiger partial charge in [-0.15, -0.1) is 12.4 Å². The van der Waals surface area contributed by atoms with Crippen molar-refractivity contribution in [3.8, 4) is 11.3 Å². The third kappa shape index (κ3) is 5.98. The lowest BCUT2D eigenvalue weighted by Gasteiger charge is -2.12. The minimum atomic E-state index is 0. The van der Waals surface area contributed by atoms with Crippen LogP contribution in [0, 0.1) is 0 Å². The molecule has 0 aliphatic heterocycles. The molecule has 2 nitrogen and oxygen atoms in total. The summed E-state index contributed by atoms with van der Waals surface area (Å²) in [4.78, 5) is 0. The molecule has 0 spiro atoms. The van der Waals surface area contributed by atoms with E-state index in [0.29, 0.717) is 6.04 Å². The molecule has 1 unspecified atom stereocenters. The van der Waals surface area contributed by atoms with Gasteiger partial charge < -0.3 is 9.73 Å². The molecule has 1 atom stereocenters. The summed E-state index contributed by atoms with van der Waals surface area (Å²) in [5, 5.41) is 3.54. The Balaban J connectivity index is 0.00000243. The average molecular weight is 500 g/mol. The summed E-state index contributed by atoms with van der Waals surface area (Å²) in [6.07, 6.45) is 2.19. The van der Waals surface area contributed by atoms with Crippen LogP contribution in [-0.2, 0) is 13.0 Å². The summed E-state index contributed by atoms with van der Waals surface area (Å²) in [6, 6.07) is 21.2. The zero-order valence-corrected chi connectivity index (χ0v) is 18.5. The van der Waals surface area contributed by atoms with Crippen molar-refractivity contribution in [2.24, 2.45) is 0 Å². The fraction of sp³-hybridized carbons (Fsp3) is 0.238. The quantitative estimate of drug-likeness (QED) is 0.378. The van der Waals surface area contributed by atoms with E-state index in [2.05, 4.69) is 74.4 Å². The smallest absolute Gasteiger partial charge is 0.135 e. The van der Waals surface area contributed by atoms with Crippen LogP contribution < -0.4 is 5.32 Å². The molecule has 0 bridgehead atoms. The van der Waals surface area contributed by atoms with E-state index in [1.165, 1.54) is 5.56 Å². The highest BCUT2D eigenvalue weighted by molar-refractivity contribution is 9.11. The average Bonchev–Trinajstić information content (AvgIpc) is 3.08. The largest absolute Gasteiger partial charge is 0.460 e. The first-order valence-corrected chi connectivity index (χ1v) is 10.0. The lowest BCUT2D eigenvalue weighted by molar-refractivity contribution is 0.449. The van der Waals surface area contributed by atoms with Gasteiger partial charge in [0.25, 0.3) is 0 Å². The molecule has 5 heteroatoms. The topological polar surface area (TPSA) is 25.2 Å². The third-order valence-corrected chi connectivity index (χ3v) is 5.34. The lowest BCUT2D eigenvalue weighted by Crippen LogP contribution is -2.25. The molecular formula is C21H22Br2ClNO. The van der Waals surface area contributed by atoms with Crippen LogP contribution in [0.2, 0.25) is 0 Å². The zero-order valence-electron chi connectivity index (χ0n) is 14.5. The molecule has 1 N–H and O–H groups in total. The standard InChI is InChI=1S/C21H21Br2NO.ClH/c1-15(7-8-16-5-3-2-4-6-16)24-14-18-10-12-21(25-18)19-11-9-17(22)13-20(19)23;/h2-6,9-13,15,24H,7-8,14H2,1H3;1H. The summed E-state index contributed by atoms with van der Waals surface area (Å²) >= 11 is 7.07. The van der Waals surface area contributed by atoms with Crippen molar-refractivity contribution < 1.29 is 4.42 Å². The Morgan fingerprint density at radius 1 is 1.00 bits per heavy atom. The number of benzene rings is 2. The Bertz CT molecular complexity index is 820. The van der Waals surface area contributed by atoms with Crippen molar-refractivity contribution in [1.82, 2.24) is 5.32 Å². The van der Waals surface area contributed by atoms with Crippen LogP contribution in [-0.4, -0.2) is 6.04 Å². The van der Waals surface area contributed by atoms with Gasteiger partial charge in [0, 0.05) is 20.6 Å². The number of rotatable bonds is 7. The van der Waals surface area contributed by atoms with E-state index >= 15 is 0 Å². The predicted molar refractivity (Wildman–Crippen MR) is 118 cm³/mol. The van der Waals surface area contributed by atoms with Crippen LogP contribution in [0.5, 0.6) is 0 Å². The van der Waals surface area contributed by atoms with Gasteiger partial charge in [-0.1, -0.05) is 46.3 Å². The molecule has 0 saturated carbocycles. The first-order valence-electron chi connectivity index (χ1n) is 8.43. The molecule has 0 aliphatic rings. The summed E-state index contributed by atoms with van der Waals surface area (Å²) < 4.78 is 8.06. The molecule has 0 aliphatic carbocycles. The second kappa shape index (κ2) is 10.3. The van der Waals surface area contributed by atoms with Crippen molar-refractivity contribution in [2.45, 2.75) is 32.4 Å². The molecule has 138 valence electrons. The van der Waals surface area contributed by atoms with Gasteiger partial charge in [0.15, 0.2) is 0 Å². The Morgan fingerprint density at radius 2 is 1.77 bits per heavy atom. The molecule has 2 aromatic carbocycles. The lowest BCUT2D eigenvalue weighted by atomic mass is 10.1. The fourth-order valence-electron chi connectivity index (χ4n) is 2.71. The first kappa shape index (κ1) is 21.2. The summed E-state index contributed by atoms with van der Waals surface area (Å²) in [7, 11) is 0. The maximum atomic E-state index is 6.00. The van der Waals surface area contributed by atoms with Gasteiger partial charge in [-0.25, -0.2) is 0 Å². The Labute approximate surface area is 178 Å². The minimum Gasteiger partial charge on any atom is -0.460 e. The van der Waals surface area contributed by atoms with E-state index in [4.69, 9.17) is 4.42 Å². The van der Waals surface area contributed by atoms with E-state index in [9.17, 15) is 0 Å². The van der Waals surface area contributed by atoms with Crippen molar-refractivity contribution >= 4 is 44.3 Å². The van der Waals surface area contributed by atoms with Gasteiger partial charge >= 0.3 is 0 Å². The van der Waals surface area contributed by atoms with Crippen molar-refractivity contribution in [1.29, 1.82) is 0 Å². The SMILES string of the molecule is CC(CCc1ccccc1)NCc1ccc(-c2ccc(Br)cc2Br)o1.Cl. The van der Waals surface area contributed by atoms with E-state index in [-0.39, 0.29) is 12.4 Å². The second-order valence-corrected chi connectivity index (χ2v) is 7.97. The highest BCUT2D eigenvalue weighted by atomic mass is 79.9. The minimum absolute atomic E-state index is 0.